The fraction of sp³-hybridized carbons (Fsp3) is 0.250. The van der Waals surface area contributed by atoms with Gasteiger partial charge in [0.15, 0.2) is 11.5 Å². The van der Waals surface area contributed by atoms with Gasteiger partial charge in [0.25, 0.3) is 5.69 Å². The van der Waals surface area contributed by atoms with Crippen LogP contribution in [0.3, 0.4) is 0 Å². The number of hydrogen-bond donors (Lipinski definition) is 2. The van der Waals surface area contributed by atoms with Gasteiger partial charge in [0.1, 0.15) is 12.4 Å². The summed E-state index contributed by atoms with van der Waals surface area (Å²) < 4.78 is 18.6. The first-order chi connectivity index (χ1) is 25.6. The zero-order chi connectivity index (χ0) is 37.2. The molecule has 0 bridgehead atoms. The minimum atomic E-state index is -1.19. The van der Waals surface area contributed by atoms with Gasteiger partial charge in [-0.15, -0.1) is 0 Å². The number of rotatable bonds is 11. The minimum absolute atomic E-state index is 0.0685. The number of benzene rings is 4. The van der Waals surface area contributed by atoms with Crippen LogP contribution in [0.2, 0.25) is 6.32 Å². The van der Waals surface area contributed by atoms with Crippen molar-refractivity contribution in [2.75, 3.05) is 18.6 Å². The molecule has 4 atom stereocenters. The van der Waals surface area contributed by atoms with Crippen LogP contribution in [0, 0.1) is 31.4 Å². The molecule has 0 unspecified atom stereocenters. The number of phenols is 1. The molecule has 2 saturated heterocycles. The molecule has 2 N–H and O–H groups in total. The second-order valence-electron chi connectivity index (χ2n) is 13.3. The number of phenolic OH excluding ortho intramolecular Hbond substituents is 1. The van der Waals surface area contributed by atoms with Gasteiger partial charge in [0, 0.05) is 12.1 Å². The molecule has 2 fully saturated rings. The zero-order valence-electron chi connectivity index (χ0n) is 28.8. The Bertz CT molecular complexity index is 2110. The first-order valence-electron chi connectivity index (χ1n) is 17.3. The van der Waals surface area contributed by atoms with Crippen molar-refractivity contribution < 1.29 is 38.8 Å². The number of carbonyl (C=O) groups is 2. The first-order valence-corrected chi connectivity index (χ1v) is 18.4. The highest BCUT2D eigenvalue weighted by molar-refractivity contribution is 14.1. The summed E-state index contributed by atoms with van der Waals surface area (Å²) in [5, 5.41) is 33.2. The molecular weight excluding hydrogens is 790 g/mol. The van der Waals surface area contributed by atoms with Crippen molar-refractivity contribution in [3.63, 3.8) is 0 Å². The normalized spacial score (nSPS) is 21.4. The summed E-state index contributed by atoms with van der Waals surface area (Å²) in [6.07, 6.45) is 2.75. The monoisotopic (exact) mass is 826 g/mol. The van der Waals surface area contributed by atoms with E-state index >= 15 is 0 Å². The van der Waals surface area contributed by atoms with Gasteiger partial charge in [-0.2, -0.15) is 0 Å². The number of non-ortho nitro benzene ring substituents is 1. The number of nitrogens with zero attached hydrogens (tertiary/aromatic N) is 2. The highest BCUT2D eigenvalue weighted by Gasteiger charge is 2.57. The Hall–Kier alpha value is -4.99. The number of aromatic hydroxyl groups is 1. The van der Waals surface area contributed by atoms with Gasteiger partial charge in [-0.3, -0.25) is 19.7 Å². The molecule has 1 aliphatic carbocycles. The van der Waals surface area contributed by atoms with Crippen LogP contribution in [-0.2, 0) is 14.2 Å². The number of imide groups is 1. The largest absolute Gasteiger partial charge is 0.504 e. The highest BCUT2D eigenvalue weighted by Crippen LogP contribution is 2.51. The van der Waals surface area contributed by atoms with Crippen molar-refractivity contribution in [2.24, 2.45) is 17.8 Å². The molecule has 7 rings (SSSR count). The lowest BCUT2D eigenvalue weighted by atomic mass is 9.58. The number of hydrogen-bond acceptors (Lipinski definition) is 9. The second-order valence-corrected chi connectivity index (χ2v) is 14.5. The molecule has 3 aliphatic rings. The third kappa shape index (κ3) is 7.46. The fourth-order valence-corrected chi connectivity index (χ4v) is 8.48. The van der Waals surface area contributed by atoms with E-state index in [0.717, 1.165) is 32.7 Å². The fourth-order valence-electron chi connectivity index (χ4n) is 7.86. The Balaban J connectivity index is 1.25. The van der Waals surface area contributed by atoms with Gasteiger partial charge in [0.05, 0.1) is 39.2 Å². The molecule has 2 heterocycles. The van der Waals surface area contributed by atoms with Crippen molar-refractivity contribution >= 4 is 64.5 Å². The second kappa shape index (κ2) is 15.5. The van der Waals surface area contributed by atoms with Crippen LogP contribution >= 0.6 is 22.6 Å². The van der Waals surface area contributed by atoms with Gasteiger partial charge >= 0.3 is 7.12 Å². The number of fused-ring (bicyclic) bond motifs is 3. The van der Waals surface area contributed by atoms with Crippen molar-refractivity contribution in [2.45, 2.75) is 31.7 Å². The third-order valence-corrected chi connectivity index (χ3v) is 11.0. The Kier molecular flexibility index (Phi) is 10.7. The highest BCUT2D eigenvalue weighted by atomic mass is 127. The van der Waals surface area contributed by atoms with Gasteiger partial charge in [-0.1, -0.05) is 60.7 Å². The van der Waals surface area contributed by atoms with E-state index in [9.17, 15) is 29.8 Å². The van der Waals surface area contributed by atoms with Gasteiger partial charge in [-0.25, -0.2) is 4.90 Å². The number of ether oxygens (including phenoxy) is 2. The minimum Gasteiger partial charge on any atom is -0.504 e. The molecule has 0 radical (unpaired) electrons. The Labute approximate surface area is 320 Å². The number of allylic oxidation sites excluding steroid dienone is 1. The van der Waals surface area contributed by atoms with Crippen LogP contribution in [0.15, 0.2) is 108 Å². The van der Waals surface area contributed by atoms with E-state index in [4.69, 9.17) is 14.1 Å². The molecule has 2 aliphatic heterocycles. The summed E-state index contributed by atoms with van der Waals surface area (Å²) in [6, 6.07) is 28.4. The average molecular weight is 826 g/mol. The molecule has 13 heteroatoms. The molecule has 0 aromatic heterocycles. The maximum absolute atomic E-state index is 14.3. The van der Waals surface area contributed by atoms with Crippen molar-refractivity contribution in [1.82, 2.24) is 0 Å². The van der Waals surface area contributed by atoms with Crippen molar-refractivity contribution in [3.8, 4) is 17.2 Å². The van der Waals surface area contributed by atoms with Crippen LogP contribution in [-0.4, -0.2) is 53.8 Å². The van der Waals surface area contributed by atoms with E-state index in [-0.39, 0.29) is 36.5 Å². The maximum Gasteiger partial charge on any atom is 0.455 e. The van der Waals surface area contributed by atoms with E-state index in [1.807, 2.05) is 72.8 Å². The lowest BCUT2D eigenvalue weighted by Gasteiger charge is -2.43. The smallest absolute Gasteiger partial charge is 0.455 e. The third-order valence-electron chi connectivity index (χ3n) is 10.2. The molecule has 2 amide bonds. The summed E-state index contributed by atoms with van der Waals surface area (Å²) in [6.45, 7) is 0.153. The molecule has 0 spiro atoms. The number of methoxy groups -OCH3 is 1. The lowest BCUT2D eigenvalue weighted by molar-refractivity contribution is -0.384. The SMILES string of the molecule is COc1cc(/C=C(/CC[C@H]2OB(O)C[C@H]3C2=C(COc2ccccc2)C[C@H]2C(=O)N(c4cccc([N+](=O)[O-])c4)C(=O)[C@H]23)c2ccccc2)cc(I)c1O. The molecular formula is C40H36BIN2O9. The van der Waals surface area contributed by atoms with E-state index in [1.54, 1.807) is 6.07 Å². The predicted molar refractivity (Wildman–Crippen MR) is 208 cm³/mol. The maximum atomic E-state index is 14.3. The van der Waals surface area contributed by atoms with E-state index in [0.29, 0.717) is 27.9 Å². The van der Waals surface area contributed by atoms with E-state index in [2.05, 4.69) is 22.6 Å². The predicted octanol–water partition coefficient (Wildman–Crippen LogP) is 7.32. The Morgan fingerprint density at radius 3 is 2.47 bits per heavy atom. The van der Waals surface area contributed by atoms with Crippen molar-refractivity contribution in [1.29, 1.82) is 0 Å². The van der Waals surface area contributed by atoms with E-state index < -0.39 is 47.7 Å². The van der Waals surface area contributed by atoms with E-state index in [1.165, 1.54) is 31.4 Å². The molecule has 11 nitrogen and oxygen atoms in total. The summed E-state index contributed by atoms with van der Waals surface area (Å²) >= 11 is 2.07. The van der Waals surface area contributed by atoms with Crippen LogP contribution in [0.5, 0.6) is 17.2 Å². The molecule has 4 aromatic rings. The van der Waals surface area contributed by atoms with Crippen LogP contribution in [0.1, 0.15) is 30.4 Å². The first kappa shape index (κ1) is 36.4. The summed E-state index contributed by atoms with van der Waals surface area (Å²) in [7, 11) is 0.317. The molecule has 53 heavy (non-hydrogen) atoms. The molecule has 0 saturated carbocycles. The number of nitro benzene ring substituents is 1. The van der Waals surface area contributed by atoms with Crippen LogP contribution < -0.4 is 14.4 Å². The Morgan fingerprint density at radius 2 is 1.75 bits per heavy atom. The standard InChI is InChI=1S/C40H36BIN2O9/c1-51-35-19-24(18-33(42)38(35)45)17-26(25-9-4-2-5-10-25)15-16-34-36-27(23-52-30-13-6-3-7-14-30)20-31-37(32(36)22-41(48)53-34)40(47)43(39(31)46)28-11-8-12-29(21-28)44(49)50/h2-14,17-19,21,31-32,34,37,45,48H,15-16,20,22-23H2,1H3/b26-17-/t31-,32+,34-,37-/m1/s1. The summed E-state index contributed by atoms with van der Waals surface area (Å²) in [4.78, 5) is 40.4. The summed E-state index contributed by atoms with van der Waals surface area (Å²) in [5.41, 5.74) is 4.41. The average Bonchev–Trinajstić information content (AvgIpc) is 3.42. The number of nitro groups is 1. The Morgan fingerprint density at radius 1 is 1.02 bits per heavy atom. The number of halogens is 1. The number of para-hydroxylation sites is 1. The van der Waals surface area contributed by atoms with Crippen LogP contribution in [0.4, 0.5) is 11.4 Å². The quantitative estimate of drug-likeness (QED) is 0.0302. The van der Waals surface area contributed by atoms with Crippen LogP contribution in [0.25, 0.3) is 11.6 Å². The van der Waals surface area contributed by atoms with Gasteiger partial charge in [-0.05, 0) is 112 Å². The zero-order valence-corrected chi connectivity index (χ0v) is 30.9. The number of carbonyl (C=O) groups excluding carboxylic acids is 2. The van der Waals surface area contributed by atoms with Gasteiger partial charge < -0.3 is 24.3 Å². The lowest BCUT2D eigenvalue weighted by Crippen LogP contribution is -2.46. The van der Waals surface area contributed by atoms with Gasteiger partial charge in [0.2, 0.25) is 11.8 Å². The van der Waals surface area contributed by atoms with Crippen molar-refractivity contribution in [3.05, 3.63) is 133 Å². The number of anilines is 1. The number of amides is 2. The molecule has 4 aromatic carbocycles. The topological polar surface area (TPSA) is 149 Å². The summed E-state index contributed by atoms with van der Waals surface area (Å²) in [5.74, 6) is -1.84. The molecule has 270 valence electrons.